The molecule has 0 unspecified atom stereocenters. The number of nitrogens with one attached hydrogen (secondary N) is 1. The van der Waals surface area contributed by atoms with Crippen LogP contribution in [0.4, 0.5) is 5.69 Å². The van der Waals surface area contributed by atoms with E-state index in [0.29, 0.717) is 34.1 Å². The molecule has 3 aromatic carbocycles. The van der Waals surface area contributed by atoms with E-state index in [1.807, 2.05) is 63.2 Å². The summed E-state index contributed by atoms with van der Waals surface area (Å²) in [6, 6.07) is 20.5. The highest BCUT2D eigenvalue weighted by molar-refractivity contribution is 7.92. The fourth-order valence-corrected chi connectivity index (χ4v) is 5.68. The molecule has 0 aromatic heterocycles. The topological polar surface area (TPSA) is 86.8 Å². The highest BCUT2D eigenvalue weighted by Crippen LogP contribution is 2.26. The minimum atomic E-state index is -3.85. The Hall–Kier alpha value is -3.07. The Kier molecular flexibility index (Phi) is 11.6. The van der Waals surface area contributed by atoms with E-state index in [0.717, 1.165) is 21.7 Å². The maximum Gasteiger partial charge on any atom is 0.244 e. The van der Waals surface area contributed by atoms with Crippen molar-refractivity contribution in [3.8, 4) is 0 Å². The Morgan fingerprint density at radius 1 is 0.902 bits per heavy atom. The Bertz CT molecular complexity index is 1450. The molecule has 0 saturated heterocycles. The Labute approximate surface area is 253 Å². The van der Waals surface area contributed by atoms with Crippen LogP contribution in [0.2, 0.25) is 10.0 Å². The number of carbonyl (C=O) groups is 2. The number of aryl methyl sites for hydroxylation is 1. The lowest BCUT2D eigenvalue weighted by Crippen LogP contribution is -2.54. The van der Waals surface area contributed by atoms with Gasteiger partial charge in [0.15, 0.2) is 0 Å². The lowest BCUT2D eigenvalue weighted by atomic mass is 10.0. The van der Waals surface area contributed by atoms with Gasteiger partial charge in [0.2, 0.25) is 21.8 Å². The van der Waals surface area contributed by atoms with E-state index in [1.165, 1.54) is 4.90 Å². The van der Waals surface area contributed by atoms with Crippen LogP contribution in [0, 0.1) is 0 Å². The monoisotopic (exact) mass is 617 g/mol. The maximum atomic E-state index is 14.2. The third kappa shape index (κ3) is 8.96. The molecule has 2 amide bonds. The van der Waals surface area contributed by atoms with E-state index in [4.69, 9.17) is 23.2 Å². The lowest BCUT2D eigenvalue weighted by Gasteiger charge is -2.34. The second kappa shape index (κ2) is 14.7. The molecule has 41 heavy (non-hydrogen) atoms. The zero-order valence-electron chi connectivity index (χ0n) is 23.8. The Morgan fingerprint density at radius 2 is 1.56 bits per heavy atom. The quantitative estimate of drug-likeness (QED) is 0.260. The summed E-state index contributed by atoms with van der Waals surface area (Å²) in [6.07, 6.45) is 2.60. The normalized spacial score (nSPS) is 12.8. The van der Waals surface area contributed by atoms with Crippen LogP contribution in [0.25, 0.3) is 0 Å². The van der Waals surface area contributed by atoms with Crippen molar-refractivity contribution >= 4 is 50.7 Å². The van der Waals surface area contributed by atoms with Gasteiger partial charge in [-0.1, -0.05) is 91.6 Å². The molecule has 0 aliphatic carbocycles. The third-order valence-electron chi connectivity index (χ3n) is 6.93. The van der Waals surface area contributed by atoms with E-state index in [1.54, 1.807) is 30.3 Å². The molecule has 0 fully saturated rings. The van der Waals surface area contributed by atoms with Crippen LogP contribution in [0.3, 0.4) is 0 Å². The number of halogens is 2. The van der Waals surface area contributed by atoms with Crippen molar-refractivity contribution in [1.29, 1.82) is 0 Å². The summed E-state index contributed by atoms with van der Waals surface area (Å²) in [4.78, 5) is 29.4. The summed E-state index contributed by atoms with van der Waals surface area (Å²) >= 11 is 12.4. The zero-order chi connectivity index (χ0) is 30.2. The van der Waals surface area contributed by atoms with Crippen LogP contribution in [0.15, 0.2) is 72.8 Å². The average Bonchev–Trinajstić information content (AvgIpc) is 2.95. The first kappa shape index (κ1) is 32.4. The largest absolute Gasteiger partial charge is 0.352 e. The highest BCUT2D eigenvalue weighted by Gasteiger charge is 2.33. The molecule has 3 rings (SSSR count). The van der Waals surface area contributed by atoms with Gasteiger partial charge in [-0.3, -0.25) is 13.9 Å². The lowest BCUT2D eigenvalue weighted by molar-refractivity contribution is -0.140. The fourth-order valence-electron chi connectivity index (χ4n) is 4.48. The predicted octanol–water partition coefficient (Wildman–Crippen LogP) is 5.88. The van der Waals surface area contributed by atoms with Crippen LogP contribution in [0.1, 0.15) is 43.9 Å². The summed E-state index contributed by atoms with van der Waals surface area (Å²) < 4.78 is 27.2. The molecule has 0 saturated carbocycles. The van der Waals surface area contributed by atoms with E-state index in [-0.39, 0.29) is 24.9 Å². The van der Waals surface area contributed by atoms with Crippen molar-refractivity contribution in [1.82, 2.24) is 10.2 Å². The average molecular weight is 619 g/mol. The number of rotatable bonds is 13. The van der Waals surface area contributed by atoms with Gasteiger partial charge in [0.25, 0.3) is 0 Å². The summed E-state index contributed by atoms with van der Waals surface area (Å²) in [5.41, 5.74) is 2.74. The molecular formula is C31H37Cl2N3O4S. The molecule has 0 aliphatic rings. The number of anilines is 1. The SMILES string of the molecule is CCc1ccccc1N(CC(=O)N(Cc1ccc(Cl)c(Cl)c1)[C@H](Cc1ccccc1)C(=O)N[C@H](C)CC)S(C)(=O)=O. The number of sulfonamides is 1. The molecule has 0 bridgehead atoms. The molecule has 0 heterocycles. The van der Waals surface area contributed by atoms with E-state index in [9.17, 15) is 18.0 Å². The Morgan fingerprint density at radius 3 is 2.17 bits per heavy atom. The summed E-state index contributed by atoms with van der Waals surface area (Å²) in [5, 5.41) is 3.69. The first-order chi connectivity index (χ1) is 19.4. The van der Waals surface area contributed by atoms with E-state index < -0.39 is 28.5 Å². The number of nitrogens with zero attached hydrogens (tertiary/aromatic N) is 2. The Balaban J connectivity index is 2.10. The van der Waals surface area contributed by atoms with Gasteiger partial charge in [-0.05, 0) is 54.7 Å². The van der Waals surface area contributed by atoms with E-state index in [2.05, 4.69) is 5.32 Å². The molecular weight excluding hydrogens is 581 g/mol. The number of para-hydroxylation sites is 1. The van der Waals surface area contributed by atoms with Gasteiger partial charge >= 0.3 is 0 Å². The van der Waals surface area contributed by atoms with Crippen molar-refractivity contribution < 1.29 is 18.0 Å². The van der Waals surface area contributed by atoms with Crippen molar-refractivity contribution in [2.45, 2.75) is 58.7 Å². The van der Waals surface area contributed by atoms with Gasteiger partial charge in [0, 0.05) is 19.0 Å². The summed E-state index contributed by atoms with van der Waals surface area (Å²) in [5.74, 6) is -0.843. The third-order valence-corrected chi connectivity index (χ3v) is 8.79. The van der Waals surface area contributed by atoms with Crippen LogP contribution >= 0.6 is 23.2 Å². The number of hydrogen-bond acceptors (Lipinski definition) is 4. The molecule has 3 aromatic rings. The zero-order valence-corrected chi connectivity index (χ0v) is 26.1. The molecule has 0 spiro atoms. The smallest absolute Gasteiger partial charge is 0.244 e. The second-order valence-corrected chi connectivity index (χ2v) is 12.8. The first-order valence-corrected chi connectivity index (χ1v) is 16.2. The number of benzene rings is 3. The van der Waals surface area contributed by atoms with Crippen molar-refractivity contribution in [2.24, 2.45) is 0 Å². The van der Waals surface area contributed by atoms with E-state index >= 15 is 0 Å². The molecule has 0 radical (unpaired) electrons. The summed E-state index contributed by atoms with van der Waals surface area (Å²) in [7, 11) is -3.85. The van der Waals surface area contributed by atoms with Gasteiger partial charge < -0.3 is 10.2 Å². The van der Waals surface area contributed by atoms with Crippen LogP contribution in [0.5, 0.6) is 0 Å². The number of hydrogen-bond donors (Lipinski definition) is 1. The van der Waals surface area contributed by atoms with Gasteiger partial charge in [-0.15, -0.1) is 0 Å². The van der Waals surface area contributed by atoms with Crippen molar-refractivity contribution in [3.05, 3.63) is 99.5 Å². The predicted molar refractivity (Wildman–Crippen MR) is 167 cm³/mol. The minimum absolute atomic E-state index is 0.0220. The van der Waals surface area contributed by atoms with Crippen LogP contribution in [-0.2, 0) is 39.0 Å². The van der Waals surface area contributed by atoms with Crippen LogP contribution in [-0.4, -0.2) is 50.0 Å². The molecule has 220 valence electrons. The molecule has 1 N–H and O–H groups in total. The van der Waals surface area contributed by atoms with Gasteiger partial charge in [-0.2, -0.15) is 0 Å². The molecule has 2 atom stereocenters. The van der Waals surface area contributed by atoms with Gasteiger partial charge in [-0.25, -0.2) is 8.42 Å². The maximum absolute atomic E-state index is 14.2. The standard InChI is InChI=1S/C31H37Cl2N3O4S/c1-5-22(3)34-31(38)29(19-23-12-8-7-9-13-23)35(20-24-16-17-26(32)27(33)18-24)30(37)21-36(41(4,39)40)28-15-11-10-14-25(28)6-2/h7-18,22,29H,5-6,19-21H2,1-4H3,(H,34,38)/t22-,29-/m1/s1. The second-order valence-electron chi connectivity index (χ2n) is 10.0. The van der Waals surface area contributed by atoms with Crippen LogP contribution < -0.4 is 9.62 Å². The molecule has 7 nitrogen and oxygen atoms in total. The molecule has 10 heteroatoms. The van der Waals surface area contributed by atoms with Crippen molar-refractivity contribution in [3.63, 3.8) is 0 Å². The van der Waals surface area contributed by atoms with Crippen molar-refractivity contribution in [2.75, 3.05) is 17.1 Å². The first-order valence-electron chi connectivity index (χ1n) is 13.6. The van der Waals surface area contributed by atoms with Gasteiger partial charge in [0.05, 0.1) is 22.0 Å². The number of amides is 2. The number of carbonyl (C=O) groups excluding carboxylic acids is 2. The van der Waals surface area contributed by atoms with Gasteiger partial charge in [0.1, 0.15) is 12.6 Å². The fraction of sp³-hybridized carbons (Fsp3) is 0.355. The summed E-state index contributed by atoms with van der Waals surface area (Å²) in [6.45, 7) is 5.33. The minimum Gasteiger partial charge on any atom is -0.352 e. The molecule has 0 aliphatic heterocycles. The highest BCUT2D eigenvalue weighted by atomic mass is 35.5.